The monoisotopic (exact) mass is 478 g/mol. The first kappa shape index (κ1) is 23.8. The minimum absolute atomic E-state index is 0.0715. The maximum atomic E-state index is 3.01. The average Bonchev–Trinajstić information content (AvgIpc) is 3.36. The Kier molecular flexibility index (Phi) is 5.80. The first-order valence-corrected chi connectivity index (χ1v) is 14.1. The molecule has 0 amide bonds. The largest absolute Gasteiger partial charge is 0.350 e. The van der Waals surface area contributed by atoms with Crippen LogP contribution >= 0.6 is 0 Å². The Balaban J connectivity index is 1.67. The Morgan fingerprint density at radius 2 is 1.42 bits per heavy atom. The molecule has 1 saturated heterocycles. The fourth-order valence-electron chi connectivity index (χ4n) is 8.18. The molecule has 36 heavy (non-hydrogen) atoms. The summed E-state index contributed by atoms with van der Waals surface area (Å²) in [4.78, 5) is 5.80. The number of rotatable bonds is 3. The molecule has 1 saturated carbocycles. The van der Waals surface area contributed by atoms with Crippen LogP contribution in [0, 0.1) is 18.3 Å². The molecule has 4 atom stereocenters. The Morgan fingerprint density at radius 1 is 0.778 bits per heavy atom. The summed E-state index contributed by atoms with van der Waals surface area (Å²) in [5, 5.41) is 0. The van der Waals surface area contributed by atoms with E-state index in [0.717, 1.165) is 0 Å². The molecule has 3 aromatic carbocycles. The van der Waals surface area contributed by atoms with E-state index in [1.54, 1.807) is 11.1 Å². The molecular formula is C34H42N2. The molecule has 0 radical (unpaired) electrons. The second-order valence-electron chi connectivity index (χ2n) is 12.6. The van der Waals surface area contributed by atoms with Gasteiger partial charge in [-0.05, 0) is 66.3 Å². The fourth-order valence-corrected chi connectivity index (χ4v) is 8.18. The SMILES string of the molecule is Cc1ccccc1N1C(C(C)(C)C)N2C(c3ccccc3C2(c2ccccc2)C2CCCCC2)[C@@H]1C. The molecular weight excluding hydrogens is 436 g/mol. The second kappa shape index (κ2) is 8.77. The van der Waals surface area contributed by atoms with Crippen LogP contribution in [-0.2, 0) is 5.54 Å². The minimum Gasteiger partial charge on any atom is -0.350 e. The standard InChI is InChI=1S/C34H42N2/c1-24-16-12-15-23-30(24)35-25(2)31-28-21-13-14-22-29(28)34(26-17-8-6-9-18-26,27-19-10-7-11-20-27)36(31)32(35)33(3,4)5/h6,8-9,12-18,21-23,25,27,31-32H,7,10-11,19-20H2,1-5H3/t25-,31?,32?,34?/m0/s1. The van der Waals surface area contributed by atoms with Gasteiger partial charge < -0.3 is 4.90 Å². The summed E-state index contributed by atoms with van der Waals surface area (Å²) in [5.41, 5.74) is 7.33. The lowest BCUT2D eigenvalue weighted by atomic mass is 9.66. The Hall–Kier alpha value is -2.58. The molecule has 2 fully saturated rings. The molecule has 2 aliphatic heterocycles. The van der Waals surface area contributed by atoms with Gasteiger partial charge in [-0.25, -0.2) is 0 Å². The Bertz CT molecular complexity index is 1220. The van der Waals surface area contributed by atoms with Crippen molar-refractivity contribution in [3.63, 3.8) is 0 Å². The number of hydrogen-bond donors (Lipinski definition) is 0. The number of hydrogen-bond acceptors (Lipinski definition) is 2. The fraction of sp³-hybridized carbons (Fsp3) is 0.471. The van der Waals surface area contributed by atoms with Crippen LogP contribution in [0.2, 0.25) is 0 Å². The van der Waals surface area contributed by atoms with Gasteiger partial charge in [0, 0.05) is 11.7 Å². The zero-order valence-electron chi connectivity index (χ0n) is 22.7. The zero-order valence-corrected chi connectivity index (χ0v) is 22.7. The number of para-hydroxylation sites is 1. The van der Waals surface area contributed by atoms with Crippen molar-refractivity contribution in [2.45, 2.75) is 90.5 Å². The number of fused-ring (bicyclic) bond motifs is 3. The zero-order chi connectivity index (χ0) is 25.1. The summed E-state index contributed by atoms with van der Waals surface area (Å²) < 4.78 is 0. The van der Waals surface area contributed by atoms with Gasteiger partial charge in [0.2, 0.25) is 0 Å². The average molecular weight is 479 g/mol. The van der Waals surface area contributed by atoms with Crippen LogP contribution in [0.5, 0.6) is 0 Å². The highest BCUT2D eigenvalue weighted by molar-refractivity contribution is 5.61. The molecule has 2 heterocycles. The van der Waals surface area contributed by atoms with Gasteiger partial charge in [-0.2, -0.15) is 0 Å². The van der Waals surface area contributed by atoms with Crippen molar-refractivity contribution in [1.29, 1.82) is 0 Å². The highest BCUT2D eigenvalue weighted by Gasteiger charge is 2.65. The lowest BCUT2D eigenvalue weighted by Gasteiger charge is -2.53. The predicted molar refractivity (Wildman–Crippen MR) is 151 cm³/mol. The van der Waals surface area contributed by atoms with E-state index in [1.165, 1.54) is 48.9 Å². The highest BCUT2D eigenvalue weighted by Crippen LogP contribution is 2.64. The first-order valence-electron chi connectivity index (χ1n) is 14.1. The molecule has 2 nitrogen and oxygen atoms in total. The van der Waals surface area contributed by atoms with Crippen molar-refractivity contribution < 1.29 is 0 Å². The molecule has 3 aromatic rings. The maximum Gasteiger partial charge on any atom is 0.0889 e. The summed E-state index contributed by atoms with van der Waals surface area (Å²) in [6, 6.07) is 30.8. The molecule has 6 rings (SSSR count). The van der Waals surface area contributed by atoms with Gasteiger partial charge in [-0.15, -0.1) is 0 Å². The molecule has 3 unspecified atom stereocenters. The van der Waals surface area contributed by atoms with E-state index in [9.17, 15) is 0 Å². The van der Waals surface area contributed by atoms with Crippen LogP contribution in [0.4, 0.5) is 5.69 Å². The first-order chi connectivity index (χ1) is 17.4. The predicted octanol–water partition coefficient (Wildman–Crippen LogP) is 8.46. The van der Waals surface area contributed by atoms with Crippen LogP contribution in [0.25, 0.3) is 0 Å². The van der Waals surface area contributed by atoms with E-state index < -0.39 is 0 Å². The summed E-state index contributed by atoms with van der Waals surface area (Å²) >= 11 is 0. The molecule has 0 N–H and O–H groups in total. The summed E-state index contributed by atoms with van der Waals surface area (Å²) in [5.74, 6) is 0.619. The van der Waals surface area contributed by atoms with E-state index in [1.807, 2.05) is 0 Å². The third kappa shape index (κ3) is 3.33. The number of anilines is 1. The molecule has 0 aromatic heterocycles. The smallest absolute Gasteiger partial charge is 0.0889 e. The van der Waals surface area contributed by atoms with Crippen molar-refractivity contribution >= 4 is 5.69 Å². The van der Waals surface area contributed by atoms with Gasteiger partial charge in [0.05, 0.1) is 17.7 Å². The van der Waals surface area contributed by atoms with Crippen molar-refractivity contribution in [3.05, 3.63) is 101 Å². The van der Waals surface area contributed by atoms with Crippen molar-refractivity contribution in [1.82, 2.24) is 4.90 Å². The molecule has 2 heteroatoms. The van der Waals surface area contributed by atoms with Gasteiger partial charge in [-0.3, -0.25) is 4.90 Å². The molecule has 188 valence electrons. The third-order valence-electron chi connectivity index (χ3n) is 9.40. The molecule has 3 aliphatic rings. The number of aryl methyl sites for hydroxylation is 1. The minimum atomic E-state index is -0.105. The highest BCUT2D eigenvalue weighted by atomic mass is 15.5. The van der Waals surface area contributed by atoms with E-state index in [-0.39, 0.29) is 17.1 Å². The number of benzene rings is 3. The van der Waals surface area contributed by atoms with Gasteiger partial charge >= 0.3 is 0 Å². The van der Waals surface area contributed by atoms with E-state index in [0.29, 0.717) is 18.0 Å². The van der Waals surface area contributed by atoms with Crippen molar-refractivity contribution in [2.75, 3.05) is 4.90 Å². The summed E-state index contributed by atoms with van der Waals surface area (Å²) in [6.07, 6.45) is 6.97. The van der Waals surface area contributed by atoms with Crippen LogP contribution in [0.1, 0.15) is 88.1 Å². The van der Waals surface area contributed by atoms with Crippen LogP contribution in [0.3, 0.4) is 0 Å². The van der Waals surface area contributed by atoms with Gasteiger partial charge in [0.1, 0.15) is 0 Å². The van der Waals surface area contributed by atoms with E-state index >= 15 is 0 Å². The lowest BCUT2D eigenvalue weighted by Crippen LogP contribution is -2.58. The quantitative estimate of drug-likeness (QED) is 0.372. The van der Waals surface area contributed by atoms with Crippen molar-refractivity contribution in [2.24, 2.45) is 11.3 Å². The van der Waals surface area contributed by atoms with Gasteiger partial charge in [0.15, 0.2) is 0 Å². The van der Waals surface area contributed by atoms with Gasteiger partial charge in [0.25, 0.3) is 0 Å². The van der Waals surface area contributed by atoms with Gasteiger partial charge in [-0.1, -0.05) is 113 Å². The van der Waals surface area contributed by atoms with E-state index in [2.05, 4.69) is 123 Å². The molecule has 0 spiro atoms. The summed E-state index contributed by atoms with van der Waals surface area (Å²) in [6.45, 7) is 12.1. The van der Waals surface area contributed by atoms with Crippen LogP contribution in [-0.4, -0.2) is 17.1 Å². The van der Waals surface area contributed by atoms with Crippen molar-refractivity contribution in [3.8, 4) is 0 Å². The van der Waals surface area contributed by atoms with E-state index in [4.69, 9.17) is 0 Å². The van der Waals surface area contributed by atoms with Crippen LogP contribution < -0.4 is 4.90 Å². The molecule has 1 aliphatic carbocycles. The number of nitrogens with zero attached hydrogens (tertiary/aromatic N) is 2. The molecule has 0 bridgehead atoms. The summed E-state index contributed by atoms with van der Waals surface area (Å²) in [7, 11) is 0. The lowest BCUT2D eigenvalue weighted by molar-refractivity contribution is -0.0128. The normalized spacial score (nSPS) is 28.8. The third-order valence-corrected chi connectivity index (χ3v) is 9.40. The maximum absolute atomic E-state index is 3.01. The Labute approximate surface area is 218 Å². The Morgan fingerprint density at radius 3 is 2.11 bits per heavy atom. The van der Waals surface area contributed by atoms with Crippen LogP contribution in [0.15, 0.2) is 78.9 Å². The second-order valence-corrected chi connectivity index (χ2v) is 12.6. The topological polar surface area (TPSA) is 6.48 Å².